The second-order valence-corrected chi connectivity index (χ2v) is 8.38. The summed E-state index contributed by atoms with van der Waals surface area (Å²) in [5.74, 6) is -2.80. The lowest BCUT2D eigenvalue weighted by Gasteiger charge is -2.27. The van der Waals surface area contributed by atoms with Gasteiger partial charge in [-0.3, -0.25) is 29.4 Å². The highest BCUT2D eigenvalue weighted by atomic mass is 16.6. The zero-order chi connectivity index (χ0) is 25.9. The van der Waals surface area contributed by atoms with Gasteiger partial charge in [0.1, 0.15) is 11.8 Å². The van der Waals surface area contributed by atoms with Gasteiger partial charge in [-0.2, -0.15) is 0 Å². The summed E-state index contributed by atoms with van der Waals surface area (Å²) in [5.41, 5.74) is 0.146. The van der Waals surface area contributed by atoms with Crippen LogP contribution in [-0.4, -0.2) is 52.8 Å². The van der Waals surface area contributed by atoms with Crippen LogP contribution in [0.4, 0.5) is 11.4 Å². The molecule has 1 heterocycles. The molecule has 1 N–H and O–H groups in total. The van der Waals surface area contributed by atoms with Crippen molar-refractivity contribution in [1.82, 2.24) is 4.90 Å². The quantitative estimate of drug-likeness (QED) is 0.248. The summed E-state index contributed by atoms with van der Waals surface area (Å²) >= 11 is 0. The molecule has 3 amide bonds. The number of nitro groups is 1. The Labute approximate surface area is 201 Å². The van der Waals surface area contributed by atoms with Crippen LogP contribution in [0.3, 0.4) is 0 Å². The summed E-state index contributed by atoms with van der Waals surface area (Å²) in [4.78, 5) is 62.9. The minimum absolute atomic E-state index is 0.0219. The van der Waals surface area contributed by atoms with Gasteiger partial charge >= 0.3 is 5.97 Å². The van der Waals surface area contributed by atoms with E-state index in [1.54, 1.807) is 12.1 Å². The number of amides is 3. The first kappa shape index (κ1) is 25.3. The Bertz CT molecular complexity index is 1160. The summed E-state index contributed by atoms with van der Waals surface area (Å²) in [6, 6.07) is 8.69. The fourth-order valence-electron chi connectivity index (χ4n) is 3.69. The molecule has 11 heteroatoms. The number of methoxy groups -OCH3 is 1. The molecule has 184 valence electrons. The number of nitrogens with one attached hydrogen (secondary N) is 1. The average Bonchev–Trinajstić information content (AvgIpc) is 3.07. The number of rotatable bonds is 9. The molecule has 2 atom stereocenters. The molecular formula is C24H25N3O8. The fraction of sp³-hybridized carbons (Fsp3) is 0.333. The number of ether oxygens (including phenoxy) is 2. The standard InChI is InChI=1S/C24H25N3O8/c1-13(2)11-19(26-22(29)16-7-5-6-8-17(16)23(26)30)24(31)35-14(3)21(28)25-18-12-15(27(32)33)9-10-20(18)34-4/h5-10,12-14,19H,11H2,1-4H3,(H,25,28). The molecule has 0 saturated carbocycles. The van der Waals surface area contributed by atoms with Gasteiger partial charge in [0.2, 0.25) is 0 Å². The highest BCUT2D eigenvalue weighted by Crippen LogP contribution is 2.30. The van der Waals surface area contributed by atoms with Crippen molar-refractivity contribution < 1.29 is 33.6 Å². The molecule has 0 saturated heterocycles. The van der Waals surface area contributed by atoms with Gasteiger partial charge in [0.05, 0.1) is 28.8 Å². The Morgan fingerprint density at radius 2 is 1.66 bits per heavy atom. The summed E-state index contributed by atoms with van der Waals surface area (Å²) in [6.07, 6.45) is -1.20. The number of non-ortho nitro benzene ring substituents is 1. The van der Waals surface area contributed by atoms with Crippen molar-refractivity contribution in [2.75, 3.05) is 12.4 Å². The third-order valence-electron chi connectivity index (χ3n) is 5.42. The molecule has 3 rings (SSSR count). The number of hydrogen-bond acceptors (Lipinski definition) is 8. The van der Waals surface area contributed by atoms with E-state index < -0.39 is 40.8 Å². The number of benzene rings is 2. The third-order valence-corrected chi connectivity index (χ3v) is 5.42. The third kappa shape index (κ3) is 5.29. The average molecular weight is 483 g/mol. The maximum atomic E-state index is 13.1. The minimum atomic E-state index is -1.34. The van der Waals surface area contributed by atoms with Crippen LogP contribution < -0.4 is 10.1 Å². The van der Waals surface area contributed by atoms with Crippen LogP contribution in [-0.2, 0) is 14.3 Å². The molecule has 0 radical (unpaired) electrons. The van der Waals surface area contributed by atoms with E-state index in [1.165, 1.54) is 38.3 Å². The number of nitrogens with zero attached hydrogens (tertiary/aromatic N) is 2. The number of carbonyl (C=O) groups is 4. The van der Waals surface area contributed by atoms with Gasteiger partial charge in [0.25, 0.3) is 23.4 Å². The lowest BCUT2D eigenvalue weighted by molar-refractivity contribution is -0.384. The van der Waals surface area contributed by atoms with E-state index in [-0.39, 0.29) is 40.6 Å². The summed E-state index contributed by atoms with van der Waals surface area (Å²) in [7, 11) is 1.33. The van der Waals surface area contributed by atoms with Crippen molar-refractivity contribution in [2.24, 2.45) is 5.92 Å². The molecule has 1 aliphatic rings. The summed E-state index contributed by atoms with van der Waals surface area (Å²) in [6.45, 7) is 4.96. The smallest absolute Gasteiger partial charge is 0.330 e. The molecule has 1 aliphatic heterocycles. The highest BCUT2D eigenvalue weighted by Gasteiger charge is 2.44. The second kappa shape index (κ2) is 10.3. The van der Waals surface area contributed by atoms with Gasteiger partial charge in [-0.05, 0) is 37.5 Å². The number of carbonyl (C=O) groups excluding carboxylic acids is 4. The van der Waals surface area contributed by atoms with Gasteiger partial charge < -0.3 is 14.8 Å². The van der Waals surface area contributed by atoms with Crippen molar-refractivity contribution in [2.45, 2.75) is 39.3 Å². The molecule has 2 aromatic rings. The van der Waals surface area contributed by atoms with Crippen LogP contribution in [0.1, 0.15) is 47.9 Å². The van der Waals surface area contributed by atoms with E-state index >= 15 is 0 Å². The molecule has 0 bridgehead atoms. The highest BCUT2D eigenvalue weighted by molar-refractivity contribution is 6.22. The predicted octanol–water partition coefficient (Wildman–Crippen LogP) is 3.18. The zero-order valence-corrected chi connectivity index (χ0v) is 19.6. The Hall–Kier alpha value is -4.28. The maximum Gasteiger partial charge on any atom is 0.330 e. The number of esters is 1. The van der Waals surface area contributed by atoms with Crippen LogP contribution in [0.5, 0.6) is 5.75 Å². The summed E-state index contributed by atoms with van der Waals surface area (Å²) in [5, 5.41) is 13.5. The Morgan fingerprint density at radius 3 is 2.17 bits per heavy atom. The topological polar surface area (TPSA) is 145 Å². The van der Waals surface area contributed by atoms with Crippen LogP contribution >= 0.6 is 0 Å². The number of anilines is 1. The fourth-order valence-corrected chi connectivity index (χ4v) is 3.69. The Balaban J connectivity index is 1.78. The molecule has 2 aromatic carbocycles. The Kier molecular flexibility index (Phi) is 7.48. The normalized spacial score (nSPS) is 14.4. The number of hydrogen-bond donors (Lipinski definition) is 1. The zero-order valence-electron chi connectivity index (χ0n) is 19.6. The molecular weight excluding hydrogens is 458 g/mol. The monoisotopic (exact) mass is 483 g/mol. The lowest BCUT2D eigenvalue weighted by Crippen LogP contribution is -2.48. The van der Waals surface area contributed by atoms with Crippen molar-refractivity contribution >= 4 is 35.1 Å². The molecule has 2 unspecified atom stereocenters. The van der Waals surface area contributed by atoms with Gasteiger partial charge in [-0.25, -0.2) is 4.79 Å². The van der Waals surface area contributed by atoms with E-state index in [0.29, 0.717) is 0 Å². The van der Waals surface area contributed by atoms with Crippen molar-refractivity contribution in [3.05, 3.63) is 63.7 Å². The molecule has 0 aromatic heterocycles. The predicted molar refractivity (Wildman–Crippen MR) is 124 cm³/mol. The second-order valence-electron chi connectivity index (χ2n) is 8.38. The number of fused-ring (bicyclic) bond motifs is 1. The van der Waals surface area contributed by atoms with Gasteiger partial charge in [0, 0.05) is 12.1 Å². The number of imide groups is 1. The van der Waals surface area contributed by atoms with Crippen LogP contribution in [0.15, 0.2) is 42.5 Å². The van der Waals surface area contributed by atoms with E-state index in [0.717, 1.165) is 11.0 Å². The van der Waals surface area contributed by atoms with Crippen molar-refractivity contribution in [1.29, 1.82) is 0 Å². The van der Waals surface area contributed by atoms with E-state index in [1.807, 2.05) is 13.8 Å². The summed E-state index contributed by atoms with van der Waals surface area (Å²) < 4.78 is 10.5. The Morgan fingerprint density at radius 1 is 1.06 bits per heavy atom. The van der Waals surface area contributed by atoms with Crippen LogP contribution in [0, 0.1) is 16.0 Å². The first-order valence-corrected chi connectivity index (χ1v) is 10.9. The first-order valence-electron chi connectivity index (χ1n) is 10.9. The van der Waals surface area contributed by atoms with Crippen LogP contribution in [0.25, 0.3) is 0 Å². The maximum absolute atomic E-state index is 13.1. The van der Waals surface area contributed by atoms with Gasteiger partial charge in [-0.15, -0.1) is 0 Å². The minimum Gasteiger partial charge on any atom is -0.495 e. The van der Waals surface area contributed by atoms with Gasteiger partial charge in [-0.1, -0.05) is 26.0 Å². The van der Waals surface area contributed by atoms with Crippen molar-refractivity contribution in [3.8, 4) is 5.75 Å². The largest absolute Gasteiger partial charge is 0.495 e. The molecule has 0 aliphatic carbocycles. The van der Waals surface area contributed by atoms with E-state index in [9.17, 15) is 29.3 Å². The molecule has 11 nitrogen and oxygen atoms in total. The SMILES string of the molecule is COc1ccc([N+](=O)[O-])cc1NC(=O)C(C)OC(=O)C(CC(C)C)N1C(=O)c2ccccc2C1=O. The molecule has 0 fully saturated rings. The van der Waals surface area contributed by atoms with Crippen molar-refractivity contribution in [3.63, 3.8) is 0 Å². The van der Waals surface area contributed by atoms with E-state index in [2.05, 4.69) is 5.32 Å². The van der Waals surface area contributed by atoms with Gasteiger partial charge in [0.15, 0.2) is 6.10 Å². The van der Waals surface area contributed by atoms with E-state index in [4.69, 9.17) is 9.47 Å². The number of nitro benzene ring substituents is 1. The van der Waals surface area contributed by atoms with Crippen LogP contribution in [0.2, 0.25) is 0 Å². The molecule has 35 heavy (non-hydrogen) atoms. The lowest BCUT2D eigenvalue weighted by atomic mass is 10.0. The molecule has 0 spiro atoms. The first-order chi connectivity index (χ1) is 16.5.